The second kappa shape index (κ2) is 7.24. The van der Waals surface area contributed by atoms with Gasteiger partial charge in [-0.15, -0.1) is 0 Å². The summed E-state index contributed by atoms with van der Waals surface area (Å²) in [7, 11) is 0. The van der Waals surface area contributed by atoms with Crippen molar-refractivity contribution in [1.82, 2.24) is 9.13 Å². The van der Waals surface area contributed by atoms with E-state index >= 15 is 0 Å². The number of rotatable bonds is 2. The maximum atomic E-state index is 2.37. The molecule has 0 N–H and O–H groups in total. The molecular weight excluding hydrogens is 448 g/mol. The molecule has 8 rings (SSSR count). The normalized spacial score (nSPS) is 13.9. The van der Waals surface area contributed by atoms with Crippen molar-refractivity contribution in [1.29, 1.82) is 0 Å². The van der Waals surface area contributed by atoms with Gasteiger partial charge in [0.1, 0.15) is 0 Å². The van der Waals surface area contributed by atoms with E-state index in [4.69, 9.17) is 0 Å². The van der Waals surface area contributed by atoms with Crippen molar-refractivity contribution in [2.75, 3.05) is 0 Å². The molecule has 2 nitrogen and oxygen atoms in total. The molecular formula is C35H26N2. The van der Waals surface area contributed by atoms with Crippen LogP contribution >= 0.6 is 0 Å². The Morgan fingerprint density at radius 1 is 0.486 bits per heavy atom. The zero-order valence-electron chi connectivity index (χ0n) is 20.9. The van der Waals surface area contributed by atoms with Crippen LogP contribution in [0.25, 0.3) is 55.2 Å². The Hall–Kier alpha value is -4.56. The largest absolute Gasteiger partial charge is 0.317 e. The second-order valence-electron chi connectivity index (χ2n) is 10.7. The highest BCUT2D eigenvalue weighted by molar-refractivity contribution is 6.09. The lowest BCUT2D eigenvalue weighted by Crippen LogP contribution is -2.14. The van der Waals surface area contributed by atoms with Crippen LogP contribution in [0.5, 0.6) is 0 Å². The molecule has 0 unspecified atom stereocenters. The topological polar surface area (TPSA) is 9.86 Å². The first kappa shape index (κ1) is 20.6. The summed E-state index contributed by atoms with van der Waals surface area (Å²) in [5, 5.41) is 3.90. The van der Waals surface area contributed by atoms with Crippen LogP contribution in [0, 0.1) is 0 Å². The third-order valence-corrected chi connectivity index (χ3v) is 8.38. The zero-order chi connectivity index (χ0) is 24.7. The van der Waals surface area contributed by atoms with Crippen LogP contribution in [0.15, 0.2) is 121 Å². The fraction of sp³-hybridized carbons (Fsp3) is 0.0857. The highest BCUT2D eigenvalue weighted by atomic mass is 15.0. The molecule has 0 aliphatic heterocycles. The van der Waals surface area contributed by atoms with Gasteiger partial charge in [-0.25, -0.2) is 0 Å². The van der Waals surface area contributed by atoms with Gasteiger partial charge in [0, 0.05) is 39.1 Å². The summed E-state index contributed by atoms with van der Waals surface area (Å²) in [4.78, 5) is 0. The zero-order valence-corrected chi connectivity index (χ0v) is 20.9. The molecule has 2 heteroatoms. The summed E-state index contributed by atoms with van der Waals surface area (Å²) >= 11 is 0. The van der Waals surface area contributed by atoms with E-state index in [0.29, 0.717) is 0 Å². The standard InChI is InChI=1S/C35H26N2/c1-35(2)29-12-6-3-11-27(29)34-28-21-22-36(31(28)20-19-30(34)35)23-15-17-24(18-16-23)37-32-13-7-4-9-25(32)26-10-5-8-14-33(26)37/h3-22H,1-2H3. The smallest absolute Gasteiger partial charge is 0.0541 e. The fourth-order valence-electron chi connectivity index (χ4n) is 6.61. The van der Waals surface area contributed by atoms with Crippen LogP contribution in [0.4, 0.5) is 0 Å². The lowest BCUT2D eigenvalue weighted by molar-refractivity contribution is 0.661. The molecule has 37 heavy (non-hydrogen) atoms. The van der Waals surface area contributed by atoms with Gasteiger partial charge in [0.15, 0.2) is 0 Å². The van der Waals surface area contributed by atoms with Gasteiger partial charge in [-0.3, -0.25) is 0 Å². The Labute approximate surface area is 216 Å². The Morgan fingerprint density at radius 2 is 1.11 bits per heavy atom. The van der Waals surface area contributed by atoms with Crippen molar-refractivity contribution in [3.63, 3.8) is 0 Å². The lowest BCUT2D eigenvalue weighted by atomic mass is 9.82. The van der Waals surface area contributed by atoms with Gasteiger partial charge in [-0.1, -0.05) is 80.6 Å². The minimum Gasteiger partial charge on any atom is -0.317 e. The van der Waals surface area contributed by atoms with Gasteiger partial charge in [-0.05, 0) is 70.8 Å². The summed E-state index contributed by atoms with van der Waals surface area (Å²) in [5.74, 6) is 0. The van der Waals surface area contributed by atoms with Gasteiger partial charge in [0.25, 0.3) is 0 Å². The first-order valence-corrected chi connectivity index (χ1v) is 13.0. The van der Waals surface area contributed by atoms with Crippen molar-refractivity contribution in [3.05, 3.63) is 133 Å². The molecule has 0 radical (unpaired) electrons. The number of para-hydroxylation sites is 2. The first-order valence-electron chi connectivity index (χ1n) is 13.0. The van der Waals surface area contributed by atoms with Crippen LogP contribution in [0.2, 0.25) is 0 Å². The van der Waals surface area contributed by atoms with Crippen molar-refractivity contribution in [3.8, 4) is 22.5 Å². The van der Waals surface area contributed by atoms with E-state index in [-0.39, 0.29) is 5.41 Å². The predicted octanol–water partition coefficient (Wildman–Crippen LogP) is 9.03. The lowest BCUT2D eigenvalue weighted by Gasteiger charge is -2.21. The van der Waals surface area contributed by atoms with E-state index in [1.807, 2.05) is 0 Å². The average Bonchev–Trinajstić information content (AvgIpc) is 3.58. The number of benzene rings is 5. The molecule has 0 spiro atoms. The average molecular weight is 475 g/mol. The number of aromatic nitrogens is 2. The molecule has 0 amide bonds. The highest BCUT2D eigenvalue weighted by Crippen LogP contribution is 2.51. The summed E-state index contributed by atoms with van der Waals surface area (Å²) < 4.78 is 4.69. The summed E-state index contributed by atoms with van der Waals surface area (Å²) in [5.41, 5.74) is 11.7. The van der Waals surface area contributed by atoms with E-state index in [1.54, 1.807) is 0 Å². The van der Waals surface area contributed by atoms with Crippen molar-refractivity contribution in [2.45, 2.75) is 19.3 Å². The van der Waals surface area contributed by atoms with Crippen LogP contribution in [-0.4, -0.2) is 9.13 Å². The molecule has 0 saturated heterocycles. The van der Waals surface area contributed by atoms with E-state index in [9.17, 15) is 0 Å². The Morgan fingerprint density at radius 3 is 1.84 bits per heavy atom. The van der Waals surface area contributed by atoms with Crippen LogP contribution < -0.4 is 0 Å². The summed E-state index contributed by atoms with van der Waals surface area (Å²) in [6.45, 7) is 4.68. The quantitative estimate of drug-likeness (QED) is 0.236. The van der Waals surface area contributed by atoms with Gasteiger partial charge in [-0.2, -0.15) is 0 Å². The SMILES string of the molecule is CC1(C)c2ccccc2-c2c1ccc1c2ccn1-c1ccc(-n2c3ccccc3c3ccccc32)cc1. The van der Waals surface area contributed by atoms with E-state index < -0.39 is 0 Å². The van der Waals surface area contributed by atoms with E-state index in [0.717, 1.165) is 0 Å². The molecule has 0 fully saturated rings. The summed E-state index contributed by atoms with van der Waals surface area (Å²) in [6.07, 6.45) is 2.22. The number of hydrogen-bond donors (Lipinski definition) is 0. The molecule has 1 aliphatic carbocycles. The molecule has 2 aromatic heterocycles. The minimum atomic E-state index is 0.0200. The molecule has 1 aliphatic rings. The van der Waals surface area contributed by atoms with Gasteiger partial charge in [0.05, 0.1) is 16.6 Å². The van der Waals surface area contributed by atoms with Crippen LogP contribution in [0.1, 0.15) is 25.0 Å². The molecule has 7 aromatic rings. The van der Waals surface area contributed by atoms with Crippen LogP contribution in [-0.2, 0) is 5.41 Å². The molecule has 5 aromatic carbocycles. The second-order valence-corrected chi connectivity index (χ2v) is 10.7. The molecule has 0 bridgehead atoms. The highest BCUT2D eigenvalue weighted by Gasteiger charge is 2.36. The van der Waals surface area contributed by atoms with Crippen molar-refractivity contribution < 1.29 is 0 Å². The van der Waals surface area contributed by atoms with Crippen molar-refractivity contribution >= 4 is 32.7 Å². The van der Waals surface area contributed by atoms with Gasteiger partial charge in [0.2, 0.25) is 0 Å². The Balaban J connectivity index is 1.28. The predicted molar refractivity (Wildman–Crippen MR) is 155 cm³/mol. The third kappa shape index (κ3) is 2.70. The summed E-state index contributed by atoms with van der Waals surface area (Å²) in [6, 6.07) is 42.1. The van der Waals surface area contributed by atoms with Gasteiger partial charge >= 0.3 is 0 Å². The van der Waals surface area contributed by atoms with Crippen LogP contribution in [0.3, 0.4) is 0 Å². The molecule has 176 valence electrons. The molecule has 2 heterocycles. The van der Waals surface area contributed by atoms with Crippen molar-refractivity contribution in [2.24, 2.45) is 0 Å². The molecule has 0 saturated carbocycles. The fourth-order valence-corrected chi connectivity index (χ4v) is 6.61. The maximum Gasteiger partial charge on any atom is 0.0541 e. The molecule has 0 atom stereocenters. The number of nitrogens with zero attached hydrogens (tertiary/aromatic N) is 2. The minimum absolute atomic E-state index is 0.0200. The monoisotopic (exact) mass is 474 g/mol. The maximum absolute atomic E-state index is 2.37. The van der Waals surface area contributed by atoms with Gasteiger partial charge < -0.3 is 9.13 Å². The Bertz CT molecular complexity index is 1940. The number of hydrogen-bond acceptors (Lipinski definition) is 0. The number of fused-ring (bicyclic) bond motifs is 8. The third-order valence-electron chi connectivity index (χ3n) is 8.38. The van der Waals surface area contributed by atoms with E-state index in [2.05, 4.69) is 144 Å². The van der Waals surface area contributed by atoms with E-state index in [1.165, 1.54) is 66.3 Å². The first-order chi connectivity index (χ1) is 18.1. The Kier molecular flexibility index (Phi) is 4.03.